The highest BCUT2D eigenvalue weighted by molar-refractivity contribution is 6.33. The average molecular weight is 366 g/mol. The van der Waals surface area contributed by atoms with Crippen molar-refractivity contribution in [3.05, 3.63) is 16.9 Å². The van der Waals surface area contributed by atoms with Gasteiger partial charge in [0.2, 0.25) is 5.95 Å². The van der Waals surface area contributed by atoms with E-state index in [1.807, 2.05) is 0 Å². The summed E-state index contributed by atoms with van der Waals surface area (Å²) in [4.78, 5) is 25.8. The third kappa shape index (κ3) is 4.61. The van der Waals surface area contributed by atoms with E-state index < -0.39 is 0 Å². The SMILES string of the molecule is C[C@@H]1CCCN([C@H](C)CNC(=O)c2nc(N3CCCC3)ncc2Cl)C1. The topological polar surface area (TPSA) is 61.4 Å². The van der Waals surface area contributed by atoms with Gasteiger partial charge in [-0.05, 0) is 45.1 Å². The number of amides is 1. The molecule has 3 heterocycles. The summed E-state index contributed by atoms with van der Waals surface area (Å²) in [6.45, 7) is 9.14. The lowest BCUT2D eigenvalue weighted by molar-refractivity contribution is 0.0913. The summed E-state index contributed by atoms with van der Waals surface area (Å²) >= 11 is 6.17. The molecule has 2 aliphatic heterocycles. The third-order valence-corrected chi connectivity index (χ3v) is 5.48. The van der Waals surface area contributed by atoms with Crippen molar-refractivity contribution in [1.82, 2.24) is 20.2 Å². The second-order valence-electron chi connectivity index (χ2n) is 7.36. The van der Waals surface area contributed by atoms with Crippen molar-refractivity contribution in [1.29, 1.82) is 0 Å². The molecule has 1 aromatic heterocycles. The summed E-state index contributed by atoms with van der Waals surface area (Å²) in [5, 5.41) is 3.30. The quantitative estimate of drug-likeness (QED) is 0.869. The lowest BCUT2D eigenvalue weighted by Gasteiger charge is -2.35. The van der Waals surface area contributed by atoms with Crippen LogP contribution in [0.2, 0.25) is 5.02 Å². The van der Waals surface area contributed by atoms with E-state index in [-0.39, 0.29) is 11.6 Å². The number of hydrogen-bond donors (Lipinski definition) is 1. The predicted molar refractivity (Wildman–Crippen MR) is 100 cm³/mol. The number of rotatable bonds is 5. The highest BCUT2D eigenvalue weighted by atomic mass is 35.5. The van der Waals surface area contributed by atoms with Gasteiger partial charge < -0.3 is 10.2 Å². The molecule has 0 bridgehead atoms. The largest absolute Gasteiger partial charge is 0.349 e. The van der Waals surface area contributed by atoms with Crippen LogP contribution in [0, 0.1) is 5.92 Å². The maximum Gasteiger partial charge on any atom is 0.271 e. The van der Waals surface area contributed by atoms with Crippen molar-refractivity contribution in [2.24, 2.45) is 5.92 Å². The molecule has 2 fully saturated rings. The maximum absolute atomic E-state index is 12.6. The first-order chi connectivity index (χ1) is 12.0. The third-order valence-electron chi connectivity index (χ3n) is 5.21. The van der Waals surface area contributed by atoms with Gasteiger partial charge in [-0.15, -0.1) is 0 Å². The lowest BCUT2D eigenvalue weighted by Crippen LogP contribution is -2.46. The molecule has 1 amide bonds. The highest BCUT2D eigenvalue weighted by Gasteiger charge is 2.23. The van der Waals surface area contributed by atoms with Gasteiger partial charge in [-0.25, -0.2) is 9.97 Å². The fraction of sp³-hybridized carbons (Fsp3) is 0.722. The zero-order chi connectivity index (χ0) is 17.8. The number of piperidine rings is 1. The molecule has 7 heteroatoms. The Morgan fingerprint density at radius 2 is 2.12 bits per heavy atom. The average Bonchev–Trinajstić information content (AvgIpc) is 3.14. The Balaban J connectivity index is 1.59. The van der Waals surface area contributed by atoms with E-state index in [9.17, 15) is 4.79 Å². The minimum atomic E-state index is -0.218. The molecule has 1 aromatic rings. The Bertz CT molecular complexity index is 605. The standard InChI is InChI=1S/C18H28ClN5O/c1-13-6-5-9-24(12-13)14(2)10-20-17(25)16-15(19)11-21-18(22-16)23-7-3-4-8-23/h11,13-14H,3-10,12H2,1-2H3,(H,20,25)/t13-,14-/m1/s1. The van der Waals surface area contributed by atoms with E-state index in [1.165, 1.54) is 19.0 Å². The monoisotopic (exact) mass is 365 g/mol. The molecule has 2 atom stereocenters. The number of nitrogens with one attached hydrogen (secondary N) is 1. The van der Waals surface area contributed by atoms with Gasteiger partial charge >= 0.3 is 0 Å². The van der Waals surface area contributed by atoms with Crippen molar-refractivity contribution in [3.63, 3.8) is 0 Å². The Labute approximate surface area is 155 Å². The summed E-state index contributed by atoms with van der Waals surface area (Å²) in [6.07, 6.45) is 6.34. The van der Waals surface area contributed by atoms with Gasteiger partial charge in [-0.2, -0.15) is 0 Å². The van der Waals surface area contributed by atoms with E-state index in [1.54, 1.807) is 0 Å². The summed E-state index contributed by atoms with van der Waals surface area (Å²) in [6, 6.07) is 0.311. The molecule has 1 N–H and O–H groups in total. The molecular weight excluding hydrogens is 338 g/mol. The number of halogens is 1. The van der Waals surface area contributed by atoms with E-state index in [0.29, 0.717) is 23.6 Å². The van der Waals surface area contributed by atoms with Gasteiger partial charge in [0.05, 0.1) is 11.2 Å². The Kier molecular flexibility index (Phi) is 6.12. The predicted octanol–water partition coefficient (Wildman–Crippen LogP) is 2.58. The van der Waals surface area contributed by atoms with Crippen LogP contribution in [0.25, 0.3) is 0 Å². The molecule has 0 spiro atoms. The minimum absolute atomic E-state index is 0.218. The molecule has 25 heavy (non-hydrogen) atoms. The van der Waals surface area contributed by atoms with Crippen molar-refractivity contribution in [2.75, 3.05) is 37.6 Å². The zero-order valence-corrected chi connectivity index (χ0v) is 15.9. The summed E-state index contributed by atoms with van der Waals surface area (Å²) in [7, 11) is 0. The molecule has 2 aliphatic rings. The fourth-order valence-corrected chi connectivity index (χ4v) is 3.84. The number of nitrogens with zero attached hydrogens (tertiary/aromatic N) is 4. The minimum Gasteiger partial charge on any atom is -0.349 e. The normalized spacial score (nSPS) is 22.8. The molecule has 2 saturated heterocycles. The lowest BCUT2D eigenvalue weighted by atomic mass is 9.99. The Morgan fingerprint density at radius 3 is 2.84 bits per heavy atom. The van der Waals surface area contributed by atoms with Gasteiger partial charge in [0.15, 0.2) is 5.69 Å². The van der Waals surface area contributed by atoms with E-state index in [2.05, 4.69) is 38.9 Å². The van der Waals surface area contributed by atoms with Crippen molar-refractivity contribution < 1.29 is 4.79 Å². The second-order valence-corrected chi connectivity index (χ2v) is 7.77. The first-order valence-electron chi connectivity index (χ1n) is 9.34. The van der Waals surface area contributed by atoms with Crippen LogP contribution in [-0.4, -0.2) is 59.5 Å². The number of likely N-dealkylation sites (tertiary alicyclic amines) is 1. The molecule has 138 valence electrons. The number of hydrogen-bond acceptors (Lipinski definition) is 5. The molecule has 0 unspecified atom stereocenters. The highest BCUT2D eigenvalue weighted by Crippen LogP contribution is 2.20. The van der Waals surface area contributed by atoms with Crippen LogP contribution in [0.5, 0.6) is 0 Å². The van der Waals surface area contributed by atoms with Gasteiger partial charge in [-0.3, -0.25) is 9.69 Å². The first-order valence-corrected chi connectivity index (χ1v) is 9.72. The van der Waals surface area contributed by atoms with Crippen LogP contribution >= 0.6 is 11.6 Å². The van der Waals surface area contributed by atoms with Crippen LogP contribution in [-0.2, 0) is 0 Å². The molecule has 0 aromatic carbocycles. The summed E-state index contributed by atoms with van der Waals surface area (Å²) in [5.41, 5.74) is 0.276. The molecule has 0 aliphatic carbocycles. The van der Waals surface area contributed by atoms with Gasteiger partial charge in [0, 0.05) is 32.2 Å². The Morgan fingerprint density at radius 1 is 1.36 bits per heavy atom. The van der Waals surface area contributed by atoms with Gasteiger partial charge in [0.25, 0.3) is 5.91 Å². The number of carbonyl (C=O) groups excluding carboxylic acids is 1. The van der Waals surface area contributed by atoms with Crippen molar-refractivity contribution in [2.45, 2.75) is 45.6 Å². The number of anilines is 1. The summed E-state index contributed by atoms with van der Waals surface area (Å²) in [5.74, 6) is 1.11. The van der Waals surface area contributed by atoms with E-state index >= 15 is 0 Å². The summed E-state index contributed by atoms with van der Waals surface area (Å²) < 4.78 is 0. The van der Waals surface area contributed by atoms with Gasteiger partial charge in [-0.1, -0.05) is 18.5 Å². The fourth-order valence-electron chi connectivity index (χ4n) is 3.67. The van der Waals surface area contributed by atoms with Crippen molar-refractivity contribution >= 4 is 23.5 Å². The first kappa shape index (κ1) is 18.4. The van der Waals surface area contributed by atoms with Crippen LogP contribution < -0.4 is 10.2 Å². The van der Waals surface area contributed by atoms with Crippen LogP contribution in [0.1, 0.15) is 50.0 Å². The number of aromatic nitrogens is 2. The van der Waals surface area contributed by atoms with Crippen LogP contribution in [0.15, 0.2) is 6.20 Å². The van der Waals surface area contributed by atoms with E-state index in [4.69, 9.17) is 11.6 Å². The maximum atomic E-state index is 12.6. The second kappa shape index (κ2) is 8.32. The number of carbonyl (C=O) groups is 1. The molecule has 0 saturated carbocycles. The van der Waals surface area contributed by atoms with Crippen LogP contribution in [0.3, 0.4) is 0 Å². The Hall–Kier alpha value is -1.40. The smallest absolute Gasteiger partial charge is 0.271 e. The van der Waals surface area contributed by atoms with Crippen LogP contribution in [0.4, 0.5) is 5.95 Å². The van der Waals surface area contributed by atoms with E-state index in [0.717, 1.165) is 44.9 Å². The molecule has 3 rings (SSSR count). The van der Waals surface area contributed by atoms with Crippen molar-refractivity contribution in [3.8, 4) is 0 Å². The van der Waals surface area contributed by atoms with Gasteiger partial charge in [0.1, 0.15) is 0 Å². The molecular formula is C18H28ClN5O. The molecule has 0 radical (unpaired) electrons. The molecule has 6 nitrogen and oxygen atoms in total. The zero-order valence-electron chi connectivity index (χ0n) is 15.2.